The van der Waals surface area contributed by atoms with E-state index in [0.29, 0.717) is 0 Å². The van der Waals surface area contributed by atoms with Crippen molar-refractivity contribution in [1.82, 2.24) is 5.32 Å². The fourth-order valence-electron chi connectivity index (χ4n) is 1.15. The van der Waals surface area contributed by atoms with Gasteiger partial charge >= 0.3 is 0 Å². The molecule has 1 nitrogen and oxygen atoms in total. The summed E-state index contributed by atoms with van der Waals surface area (Å²) in [6.45, 7) is 7.00. The second-order valence-electron chi connectivity index (χ2n) is 3.18. The Labute approximate surface area is 57.8 Å². The molecule has 0 aromatic heterocycles. The summed E-state index contributed by atoms with van der Waals surface area (Å²) < 4.78 is 0. The van der Waals surface area contributed by atoms with Crippen LogP contribution in [0, 0.1) is 11.8 Å². The largest absolute Gasteiger partial charge is 0.316 e. The Kier molecular flexibility index (Phi) is 2.52. The topological polar surface area (TPSA) is 12.0 Å². The Bertz CT molecular complexity index is 80.6. The summed E-state index contributed by atoms with van der Waals surface area (Å²) in [5.74, 6) is 2.02. The van der Waals surface area contributed by atoms with Crippen molar-refractivity contribution in [2.45, 2.75) is 26.7 Å². The third kappa shape index (κ3) is 2.35. The molecule has 0 aliphatic heterocycles. The minimum Gasteiger partial charge on any atom is -0.316 e. The van der Waals surface area contributed by atoms with Crippen LogP contribution in [0.4, 0.5) is 0 Å². The third-order valence-electron chi connectivity index (χ3n) is 2.11. The van der Waals surface area contributed by atoms with Crippen molar-refractivity contribution in [3.05, 3.63) is 0 Å². The van der Waals surface area contributed by atoms with Crippen LogP contribution < -0.4 is 5.32 Å². The molecule has 0 saturated heterocycles. The number of rotatable bonds is 4. The molecule has 1 aliphatic carbocycles. The van der Waals surface area contributed by atoms with Gasteiger partial charge in [0.1, 0.15) is 0 Å². The first-order valence-electron chi connectivity index (χ1n) is 4.05. The molecule has 0 radical (unpaired) electrons. The molecule has 1 heteroatoms. The summed E-state index contributed by atoms with van der Waals surface area (Å²) in [7, 11) is 0. The van der Waals surface area contributed by atoms with Crippen LogP contribution in [0.5, 0.6) is 0 Å². The second-order valence-corrected chi connectivity index (χ2v) is 3.18. The second kappa shape index (κ2) is 3.21. The SMILES string of the molecule is CCCNC[C@H]1C[C@H]1C. The minimum atomic E-state index is 1.01. The molecule has 54 valence electrons. The Morgan fingerprint density at radius 3 is 2.67 bits per heavy atom. The quantitative estimate of drug-likeness (QED) is 0.566. The lowest BCUT2D eigenvalue weighted by molar-refractivity contribution is 0.606. The Morgan fingerprint density at radius 2 is 2.22 bits per heavy atom. The van der Waals surface area contributed by atoms with Gasteiger partial charge in [0.15, 0.2) is 0 Å². The molecule has 0 heterocycles. The normalized spacial score (nSPS) is 32.7. The molecule has 0 unspecified atom stereocenters. The van der Waals surface area contributed by atoms with E-state index >= 15 is 0 Å². The summed E-state index contributed by atoms with van der Waals surface area (Å²) in [6.07, 6.45) is 2.72. The fourth-order valence-corrected chi connectivity index (χ4v) is 1.15. The first kappa shape index (κ1) is 7.07. The van der Waals surface area contributed by atoms with Crippen LogP contribution in [-0.4, -0.2) is 13.1 Å². The molecule has 1 N–H and O–H groups in total. The predicted octanol–water partition coefficient (Wildman–Crippen LogP) is 1.64. The van der Waals surface area contributed by atoms with Crippen LogP contribution in [0.15, 0.2) is 0 Å². The molecule has 0 amide bonds. The van der Waals surface area contributed by atoms with Gasteiger partial charge in [-0.1, -0.05) is 13.8 Å². The number of hydrogen-bond acceptors (Lipinski definition) is 1. The van der Waals surface area contributed by atoms with Crippen LogP contribution in [-0.2, 0) is 0 Å². The van der Waals surface area contributed by atoms with E-state index in [1.807, 2.05) is 0 Å². The molecule has 0 aromatic carbocycles. The lowest BCUT2D eigenvalue weighted by Gasteiger charge is -1.98. The Balaban J connectivity index is 1.83. The summed E-state index contributed by atoms with van der Waals surface area (Å²) >= 11 is 0. The predicted molar refractivity (Wildman–Crippen MR) is 40.4 cm³/mol. The standard InChI is InChI=1S/C8H17N/c1-3-4-9-6-8-5-7(8)2/h7-9H,3-6H2,1-2H3/t7-,8-/m1/s1. The Hall–Kier alpha value is -0.0400. The van der Waals surface area contributed by atoms with Crippen LogP contribution in [0.3, 0.4) is 0 Å². The summed E-state index contributed by atoms with van der Waals surface area (Å²) in [5, 5.41) is 3.43. The van der Waals surface area contributed by atoms with E-state index in [1.165, 1.54) is 25.9 Å². The first-order chi connectivity index (χ1) is 4.34. The van der Waals surface area contributed by atoms with E-state index in [9.17, 15) is 0 Å². The van der Waals surface area contributed by atoms with Crippen molar-refractivity contribution >= 4 is 0 Å². The fraction of sp³-hybridized carbons (Fsp3) is 1.00. The zero-order valence-corrected chi connectivity index (χ0v) is 6.48. The zero-order valence-electron chi connectivity index (χ0n) is 6.48. The van der Waals surface area contributed by atoms with E-state index in [-0.39, 0.29) is 0 Å². The average Bonchev–Trinajstić information content (AvgIpc) is 2.48. The monoisotopic (exact) mass is 127 g/mol. The van der Waals surface area contributed by atoms with Gasteiger partial charge < -0.3 is 5.32 Å². The molecule has 1 saturated carbocycles. The van der Waals surface area contributed by atoms with E-state index in [4.69, 9.17) is 0 Å². The maximum absolute atomic E-state index is 3.43. The molecule has 2 atom stereocenters. The van der Waals surface area contributed by atoms with Gasteiger partial charge in [0, 0.05) is 0 Å². The van der Waals surface area contributed by atoms with Crippen LogP contribution in [0.2, 0.25) is 0 Å². The molecule has 1 aliphatic rings. The number of hydrogen-bond donors (Lipinski definition) is 1. The van der Waals surface area contributed by atoms with E-state index < -0.39 is 0 Å². The molecule has 1 fully saturated rings. The highest BCUT2D eigenvalue weighted by Crippen LogP contribution is 2.36. The van der Waals surface area contributed by atoms with E-state index in [1.54, 1.807) is 0 Å². The number of nitrogens with one attached hydrogen (secondary N) is 1. The Morgan fingerprint density at radius 1 is 1.56 bits per heavy atom. The van der Waals surface area contributed by atoms with Crippen molar-refractivity contribution < 1.29 is 0 Å². The molecule has 0 bridgehead atoms. The smallest absolute Gasteiger partial charge is 0.00179 e. The molecule has 0 spiro atoms. The molecular weight excluding hydrogens is 110 g/mol. The van der Waals surface area contributed by atoms with Gasteiger partial charge in [-0.2, -0.15) is 0 Å². The highest BCUT2D eigenvalue weighted by molar-refractivity contribution is 4.83. The molecule has 1 rings (SSSR count). The van der Waals surface area contributed by atoms with Crippen LogP contribution in [0.25, 0.3) is 0 Å². The maximum atomic E-state index is 3.43. The lowest BCUT2D eigenvalue weighted by Crippen LogP contribution is -2.17. The molecule has 0 aromatic rings. The van der Waals surface area contributed by atoms with Gasteiger partial charge in [-0.25, -0.2) is 0 Å². The van der Waals surface area contributed by atoms with Crippen molar-refractivity contribution in [2.75, 3.05) is 13.1 Å². The van der Waals surface area contributed by atoms with Gasteiger partial charge in [0.25, 0.3) is 0 Å². The molecular formula is C8H17N. The lowest BCUT2D eigenvalue weighted by atomic mass is 10.3. The van der Waals surface area contributed by atoms with Crippen LogP contribution >= 0.6 is 0 Å². The zero-order chi connectivity index (χ0) is 6.69. The van der Waals surface area contributed by atoms with Gasteiger partial charge in [0.05, 0.1) is 0 Å². The maximum Gasteiger partial charge on any atom is -0.00179 e. The van der Waals surface area contributed by atoms with E-state index in [2.05, 4.69) is 19.2 Å². The highest BCUT2D eigenvalue weighted by atomic mass is 14.9. The van der Waals surface area contributed by atoms with Gasteiger partial charge in [-0.3, -0.25) is 0 Å². The summed E-state index contributed by atoms with van der Waals surface area (Å²) in [5.41, 5.74) is 0. The van der Waals surface area contributed by atoms with Crippen molar-refractivity contribution in [3.8, 4) is 0 Å². The first-order valence-corrected chi connectivity index (χ1v) is 4.05. The summed E-state index contributed by atoms with van der Waals surface area (Å²) in [6, 6.07) is 0. The van der Waals surface area contributed by atoms with Gasteiger partial charge in [-0.05, 0) is 37.8 Å². The summed E-state index contributed by atoms with van der Waals surface area (Å²) in [4.78, 5) is 0. The third-order valence-corrected chi connectivity index (χ3v) is 2.11. The van der Waals surface area contributed by atoms with E-state index in [0.717, 1.165) is 11.8 Å². The van der Waals surface area contributed by atoms with Gasteiger partial charge in [-0.15, -0.1) is 0 Å². The van der Waals surface area contributed by atoms with Crippen LogP contribution in [0.1, 0.15) is 26.7 Å². The molecule has 9 heavy (non-hydrogen) atoms. The van der Waals surface area contributed by atoms with Crippen molar-refractivity contribution in [2.24, 2.45) is 11.8 Å². The minimum absolute atomic E-state index is 1.01. The van der Waals surface area contributed by atoms with Gasteiger partial charge in [0.2, 0.25) is 0 Å². The average molecular weight is 127 g/mol. The van der Waals surface area contributed by atoms with Crippen molar-refractivity contribution in [3.63, 3.8) is 0 Å². The van der Waals surface area contributed by atoms with Crippen molar-refractivity contribution in [1.29, 1.82) is 0 Å². The highest BCUT2D eigenvalue weighted by Gasteiger charge is 2.31.